The van der Waals surface area contributed by atoms with E-state index in [0.717, 1.165) is 0 Å². The van der Waals surface area contributed by atoms with Gasteiger partial charge in [-0.15, -0.1) is 0 Å². The lowest BCUT2D eigenvalue weighted by atomic mass is 10.1. The first-order valence-electron chi connectivity index (χ1n) is 5.04. The van der Waals surface area contributed by atoms with E-state index in [1.807, 2.05) is 0 Å². The lowest BCUT2D eigenvalue weighted by molar-refractivity contribution is -0.156. The summed E-state index contributed by atoms with van der Waals surface area (Å²) >= 11 is 0. The highest BCUT2D eigenvalue weighted by Gasteiger charge is 2.36. The molecule has 1 fully saturated rings. The van der Waals surface area contributed by atoms with Gasteiger partial charge in [-0.25, -0.2) is 0 Å². The van der Waals surface area contributed by atoms with Gasteiger partial charge in [0.25, 0.3) is 0 Å². The standard InChI is InChI=1S/C9H16N2O5/c1-4(12)6(10)9(15)16-5-2-3-11-7(5)8(13)14/h4-7,11-12H,2-3,10H2,1H3,(H,13,14)/t4-,5?,6+,7+/m1/s1. The number of carbonyl (C=O) groups excluding carboxylic acids is 1. The first-order valence-corrected chi connectivity index (χ1v) is 5.04. The second-order valence-corrected chi connectivity index (χ2v) is 3.80. The van der Waals surface area contributed by atoms with Crippen LogP contribution in [0.2, 0.25) is 0 Å². The third-order valence-electron chi connectivity index (χ3n) is 2.49. The van der Waals surface area contributed by atoms with Crippen LogP contribution in [0.4, 0.5) is 0 Å². The highest BCUT2D eigenvalue weighted by molar-refractivity contribution is 5.78. The van der Waals surface area contributed by atoms with Gasteiger partial charge in [0.1, 0.15) is 18.2 Å². The maximum Gasteiger partial charge on any atom is 0.325 e. The Morgan fingerprint density at radius 1 is 1.56 bits per heavy atom. The van der Waals surface area contributed by atoms with Crippen molar-refractivity contribution in [3.05, 3.63) is 0 Å². The Balaban J connectivity index is 2.53. The molecule has 0 amide bonds. The third-order valence-corrected chi connectivity index (χ3v) is 2.49. The fourth-order valence-corrected chi connectivity index (χ4v) is 1.48. The average molecular weight is 232 g/mol. The molecule has 0 saturated carbocycles. The number of ether oxygens (including phenoxy) is 1. The molecule has 1 heterocycles. The lowest BCUT2D eigenvalue weighted by Gasteiger charge is -2.20. The number of aliphatic hydroxyl groups excluding tert-OH is 1. The van der Waals surface area contributed by atoms with Crippen LogP contribution in [0.15, 0.2) is 0 Å². The number of aliphatic carboxylic acids is 1. The topological polar surface area (TPSA) is 122 Å². The average Bonchev–Trinajstić information content (AvgIpc) is 2.64. The van der Waals surface area contributed by atoms with E-state index in [2.05, 4.69) is 5.32 Å². The number of esters is 1. The minimum atomic E-state index is -1.14. The third kappa shape index (κ3) is 2.91. The smallest absolute Gasteiger partial charge is 0.325 e. The van der Waals surface area contributed by atoms with Crippen molar-refractivity contribution < 1.29 is 24.5 Å². The Labute approximate surface area is 92.6 Å². The fourth-order valence-electron chi connectivity index (χ4n) is 1.48. The maximum absolute atomic E-state index is 11.4. The zero-order valence-corrected chi connectivity index (χ0v) is 8.92. The second-order valence-electron chi connectivity index (χ2n) is 3.80. The molecule has 16 heavy (non-hydrogen) atoms. The van der Waals surface area contributed by atoms with Crippen LogP contribution in [0, 0.1) is 0 Å². The van der Waals surface area contributed by atoms with E-state index < -0.39 is 36.2 Å². The highest BCUT2D eigenvalue weighted by atomic mass is 16.5. The zero-order valence-electron chi connectivity index (χ0n) is 8.92. The largest absolute Gasteiger partial charge is 0.480 e. The van der Waals surface area contributed by atoms with Crippen molar-refractivity contribution in [3.8, 4) is 0 Å². The number of carboxylic acid groups (broad SMARTS) is 1. The van der Waals surface area contributed by atoms with Crippen LogP contribution in [-0.4, -0.2) is 53.0 Å². The van der Waals surface area contributed by atoms with Gasteiger partial charge in [0.2, 0.25) is 0 Å². The van der Waals surface area contributed by atoms with Crippen molar-refractivity contribution in [3.63, 3.8) is 0 Å². The summed E-state index contributed by atoms with van der Waals surface area (Å²) in [7, 11) is 0. The number of hydrogen-bond acceptors (Lipinski definition) is 6. The normalized spacial score (nSPS) is 28.4. The predicted octanol–water partition coefficient (Wildman–Crippen LogP) is -1.95. The Hall–Kier alpha value is -1.18. The molecule has 0 bridgehead atoms. The molecule has 0 aromatic rings. The van der Waals surface area contributed by atoms with Crippen molar-refractivity contribution in [2.24, 2.45) is 5.73 Å². The van der Waals surface area contributed by atoms with Crippen molar-refractivity contribution in [2.45, 2.75) is 37.6 Å². The maximum atomic E-state index is 11.4. The molecule has 0 aliphatic carbocycles. The van der Waals surface area contributed by atoms with E-state index in [-0.39, 0.29) is 0 Å². The first kappa shape index (κ1) is 12.9. The summed E-state index contributed by atoms with van der Waals surface area (Å²) in [5.74, 6) is -1.85. The number of hydrogen-bond donors (Lipinski definition) is 4. The number of carboxylic acids is 1. The molecular formula is C9H16N2O5. The van der Waals surface area contributed by atoms with Crippen molar-refractivity contribution in [1.29, 1.82) is 0 Å². The first-order chi connectivity index (χ1) is 7.43. The van der Waals surface area contributed by atoms with Crippen LogP contribution < -0.4 is 11.1 Å². The lowest BCUT2D eigenvalue weighted by Crippen LogP contribution is -2.46. The van der Waals surface area contributed by atoms with Gasteiger partial charge < -0.3 is 26.0 Å². The summed E-state index contributed by atoms with van der Waals surface area (Å²) in [5.41, 5.74) is 5.37. The number of rotatable bonds is 4. The number of aliphatic hydroxyl groups is 1. The molecule has 1 aliphatic heterocycles. The molecule has 7 heteroatoms. The number of carbonyl (C=O) groups is 2. The predicted molar refractivity (Wildman–Crippen MR) is 53.6 cm³/mol. The number of nitrogens with one attached hydrogen (secondary N) is 1. The summed E-state index contributed by atoms with van der Waals surface area (Å²) in [6, 6.07) is -2.04. The molecule has 4 atom stereocenters. The minimum absolute atomic E-state index is 0.426. The van der Waals surface area contributed by atoms with E-state index in [9.17, 15) is 9.59 Å². The van der Waals surface area contributed by atoms with Gasteiger partial charge in [-0.2, -0.15) is 0 Å². The molecule has 0 spiro atoms. The highest BCUT2D eigenvalue weighted by Crippen LogP contribution is 2.13. The molecular weight excluding hydrogens is 216 g/mol. The number of nitrogens with two attached hydrogens (primary N) is 1. The van der Waals surface area contributed by atoms with Gasteiger partial charge in [0.05, 0.1) is 6.10 Å². The van der Waals surface area contributed by atoms with Crippen LogP contribution in [0.1, 0.15) is 13.3 Å². The summed E-state index contributed by atoms with van der Waals surface area (Å²) < 4.78 is 4.94. The van der Waals surface area contributed by atoms with Gasteiger partial charge in [0.15, 0.2) is 0 Å². The van der Waals surface area contributed by atoms with Gasteiger partial charge in [-0.05, 0) is 19.9 Å². The molecule has 92 valence electrons. The molecule has 0 aromatic heterocycles. The Morgan fingerprint density at radius 3 is 2.69 bits per heavy atom. The van der Waals surface area contributed by atoms with E-state index in [4.69, 9.17) is 20.7 Å². The quantitative estimate of drug-likeness (QED) is 0.416. The molecule has 7 nitrogen and oxygen atoms in total. The van der Waals surface area contributed by atoms with Gasteiger partial charge in [-0.3, -0.25) is 9.59 Å². The second kappa shape index (κ2) is 5.24. The van der Waals surface area contributed by atoms with Gasteiger partial charge in [0, 0.05) is 0 Å². The molecule has 1 rings (SSSR count). The van der Waals surface area contributed by atoms with E-state index in [1.165, 1.54) is 6.92 Å². The van der Waals surface area contributed by atoms with E-state index in [1.54, 1.807) is 0 Å². The van der Waals surface area contributed by atoms with Crippen molar-refractivity contribution >= 4 is 11.9 Å². The summed E-state index contributed by atoms with van der Waals surface area (Å²) in [5, 5.41) is 20.6. The molecule has 1 saturated heterocycles. The van der Waals surface area contributed by atoms with Crippen LogP contribution in [0.5, 0.6) is 0 Å². The Morgan fingerprint density at radius 2 is 2.19 bits per heavy atom. The molecule has 5 N–H and O–H groups in total. The summed E-state index contributed by atoms with van der Waals surface area (Å²) in [4.78, 5) is 22.1. The van der Waals surface area contributed by atoms with Gasteiger partial charge in [-0.1, -0.05) is 0 Å². The Bertz CT molecular complexity index is 281. The van der Waals surface area contributed by atoms with Gasteiger partial charge >= 0.3 is 11.9 Å². The molecule has 1 unspecified atom stereocenters. The van der Waals surface area contributed by atoms with E-state index >= 15 is 0 Å². The van der Waals surface area contributed by atoms with Crippen LogP contribution in [0.25, 0.3) is 0 Å². The monoisotopic (exact) mass is 232 g/mol. The Kier molecular flexibility index (Phi) is 4.22. The van der Waals surface area contributed by atoms with E-state index in [0.29, 0.717) is 13.0 Å². The summed E-state index contributed by atoms with van der Waals surface area (Å²) in [6.45, 7) is 1.84. The molecule has 0 radical (unpaired) electrons. The zero-order chi connectivity index (χ0) is 12.3. The minimum Gasteiger partial charge on any atom is -0.480 e. The van der Waals surface area contributed by atoms with Crippen molar-refractivity contribution in [2.75, 3.05) is 6.54 Å². The van der Waals surface area contributed by atoms with Crippen LogP contribution >= 0.6 is 0 Å². The van der Waals surface area contributed by atoms with Crippen LogP contribution in [0.3, 0.4) is 0 Å². The molecule has 0 aromatic carbocycles. The SMILES string of the molecule is C[C@@H](O)[C@H](N)C(=O)OC1CCN[C@@H]1C(=O)O. The van der Waals surface area contributed by atoms with Crippen LogP contribution in [-0.2, 0) is 14.3 Å². The van der Waals surface area contributed by atoms with Crippen molar-refractivity contribution in [1.82, 2.24) is 5.32 Å². The molecule has 1 aliphatic rings. The summed E-state index contributed by atoms with van der Waals surface area (Å²) in [6.07, 6.45) is -1.32. The fraction of sp³-hybridized carbons (Fsp3) is 0.778.